The van der Waals surface area contributed by atoms with Gasteiger partial charge in [0.1, 0.15) is 12.2 Å². The van der Waals surface area contributed by atoms with E-state index in [-0.39, 0.29) is 12.2 Å². The van der Waals surface area contributed by atoms with Crippen LogP contribution < -0.4 is 9.47 Å². The molecule has 0 saturated carbocycles. The van der Waals surface area contributed by atoms with Crippen LogP contribution in [0, 0.1) is 11.8 Å². The molecule has 1 aromatic rings. The summed E-state index contributed by atoms with van der Waals surface area (Å²) in [5.74, 6) is 2.42. The fourth-order valence-electron chi connectivity index (χ4n) is 4.39. The van der Waals surface area contributed by atoms with Gasteiger partial charge in [0, 0.05) is 12.0 Å². The number of rotatable bonds is 2. The van der Waals surface area contributed by atoms with E-state index in [1.807, 2.05) is 6.07 Å². The zero-order chi connectivity index (χ0) is 16.0. The molecule has 5 atom stereocenters. The number of piperidine rings is 1. The highest BCUT2D eigenvalue weighted by Crippen LogP contribution is 2.43. The minimum Gasteiger partial charge on any atom is -0.493 e. The van der Waals surface area contributed by atoms with Crippen LogP contribution in [0.15, 0.2) is 30.4 Å². The molecular formula is C18H22ClNO3. The molecule has 23 heavy (non-hydrogen) atoms. The van der Waals surface area contributed by atoms with Gasteiger partial charge in [0.25, 0.3) is 0 Å². The molecule has 0 radical (unpaired) electrons. The van der Waals surface area contributed by atoms with Crippen LogP contribution in [-0.2, 0) is 10.7 Å². The zero-order valence-electron chi connectivity index (χ0n) is 13.4. The average molecular weight is 336 g/mol. The smallest absolute Gasteiger partial charge is 0.162 e. The summed E-state index contributed by atoms with van der Waals surface area (Å²) < 4.78 is 17.0. The van der Waals surface area contributed by atoms with Crippen LogP contribution in [0.1, 0.15) is 12.0 Å². The van der Waals surface area contributed by atoms with Crippen molar-refractivity contribution in [3.8, 4) is 11.5 Å². The molecule has 0 spiro atoms. The first kappa shape index (κ1) is 15.3. The van der Waals surface area contributed by atoms with Crippen LogP contribution in [0.4, 0.5) is 0 Å². The van der Waals surface area contributed by atoms with E-state index < -0.39 is 0 Å². The fourth-order valence-corrected chi connectivity index (χ4v) is 4.55. The van der Waals surface area contributed by atoms with Gasteiger partial charge in [-0.2, -0.15) is 0 Å². The van der Waals surface area contributed by atoms with Crippen LogP contribution in [0.2, 0.25) is 0 Å². The van der Waals surface area contributed by atoms with E-state index in [2.05, 4.69) is 36.2 Å². The molecule has 1 fully saturated rings. The molecule has 1 saturated heterocycles. The molecule has 1 aromatic carbocycles. The summed E-state index contributed by atoms with van der Waals surface area (Å²) in [5.41, 5.74) is 1.28. The quantitative estimate of drug-likeness (QED) is 0.777. The number of hydrogen-bond acceptors (Lipinski definition) is 4. The van der Waals surface area contributed by atoms with Crippen LogP contribution in [0.25, 0.3) is 0 Å². The summed E-state index contributed by atoms with van der Waals surface area (Å²) in [7, 11) is 3.89. The molecule has 1 aliphatic carbocycles. The Kier molecular flexibility index (Phi) is 4.00. The molecule has 4 rings (SSSR count). The maximum Gasteiger partial charge on any atom is 0.162 e. The fraction of sp³-hybridized carbons (Fsp3) is 0.556. The normalized spacial score (nSPS) is 35.7. The highest BCUT2D eigenvalue weighted by atomic mass is 35.5. The summed E-state index contributed by atoms with van der Waals surface area (Å²) in [6, 6.07) is 6.71. The molecule has 0 N–H and O–H groups in total. The second-order valence-corrected chi connectivity index (χ2v) is 6.97. The predicted molar refractivity (Wildman–Crippen MR) is 89.0 cm³/mol. The third-order valence-electron chi connectivity index (χ3n) is 5.63. The number of methoxy groups -OCH3 is 1. The van der Waals surface area contributed by atoms with Crippen molar-refractivity contribution >= 4 is 11.9 Å². The number of benzene rings is 1. The molecule has 124 valence electrons. The van der Waals surface area contributed by atoms with Crippen molar-refractivity contribution in [1.82, 2.24) is 4.90 Å². The van der Waals surface area contributed by atoms with Crippen molar-refractivity contribution in [2.24, 2.45) is 11.8 Å². The minimum absolute atomic E-state index is 0.0825. The van der Waals surface area contributed by atoms with Gasteiger partial charge < -0.3 is 14.4 Å². The number of likely N-dealkylation sites (tertiary alicyclic amines) is 1. The van der Waals surface area contributed by atoms with Crippen molar-refractivity contribution in [2.75, 3.05) is 20.7 Å². The number of fused-ring (bicyclic) bond motifs is 2. The Balaban J connectivity index is 1.82. The van der Waals surface area contributed by atoms with E-state index in [1.54, 1.807) is 7.11 Å². The summed E-state index contributed by atoms with van der Waals surface area (Å²) in [6.45, 7) is 1.07. The van der Waals surface area contributed by atoms with Crippen molar-refractivity contribution in [3.05, 3.63) is 35.9 Å². The Morgan fingerprint density at radius 1 is 1.30 bits per heavy atom. The second-order valence-electron chi connectivity index (χ2n) is 6.79. The molecule has 0 aromatic heterocycles. The van der Waals surface area contributed by atoms with Gasteiger partial charge in [0.15, 0.2) is 11.5 Å². The van der Waals surface area contributed by atoms with Gasteiger partial charge in [-0.1, -0.05) is 18.2 Å². The van der Waals surface area contributed by atoms with E-state index in [4.69, 9.17) is 25.6 Å². The third-order valence-corrected chi connectivity index (χ3v) is 5.83. The lowest BCUT2D eigenvalue weighted by molar-refractivity contribution is -0.0265. The molecule has 6 bridgehead atoms. The monoisotopic (exact) mass is 335 g/mol. The van der Waals surface area contributed by atoms with Crippen LogP contribution in [0.5, 0.6) is 11.5 Å². The second kappa shape index (κ2) is 6.00. The molecule has 3 aliphatic rings. The molecule has 0 unspecified atom stereocenters. The first-order valence-corrected chi connectivity index (χ1v) is 8.51. The number of ether oxygens (including phenoxy) is 2. The zero-order valence-corrected chi connectivity index (χ0v) is 14.2. The standard InChI is InChI=1S/C18H22ClNO3/c1-20-8-7-13-12-4-6-16(23-19)18(13)22-17-10-11(9-14(12)20)3-5-15(17)21-2/h3-6,10,12-14,16,18H,7-9H2,1-2H3/t12-,13+,14-,16+,18-/m1/s1. The Bertz CT molecular complexity index is 620. The summed E-state index contributed by atoms with van der Waals surface area (Å²) in [6.07, 6.45) is 6.13. The van der Waals surface area contributed by atoms with Crippen LogP contribution in [0.3, 0.4) is 0 Å². The van der Waals surface area contributed by atoms with E-state index in [1.165, 1.54) is 5.56 Å². The third kappa shape index (κ3) is 2.53. The van der Waals surface area contributed by atoms with Gasteiger partial charge in [-0.05, 0) is 50.0 Å². The number of nitrogens with zero attached hydrogens (tertiary/aromatic N) is 1. The Hall–Kier alpha value is -1.23. The van der Waals surface area contributed by atoms with E-state index in [0.29, 0.717) is 17.9 Å². The van der Waals surface area contributed by atoms with Crippen molar-refractivity contribution < 1.29 is 13.8 Å². The van der Waals surface area contributed by atoms with Crippen LogP contribution in [-0.4, -0.2) is 43.9 Å². The lowest BCUT2D eigenvalue weighted by atomic mass is 9.71. The SMILES string of the molecule is COc1ccc2cc1O[C@@H]1[C@H]3CCN(C)[C@H](C2)[C@@H]3C=C[C@@H]1OCl. The molecule has 2 aliphatic heterocycles. The Morgan fingerprint density at radius 2 is 2.17 bits per heavy atom. The highest BCUT2D eigenvalue weighted by Gasteiger charge is 2.46. The predicted octanol–water partition coefficient (Wildman–Crippen LogP) is 3.04. The number of hydrogen-bond donors (Lipinski definition) is 0. The van der Waals surface area contributed by atoms with Gasteiger partial charge >= 0.3 is 0 Å². The average Bonchev–Trinajstić information content (AvgIpc) is 2.58. The van der Waals surface area contributed by atoms with Gasteiger partial charge in [0.2, 0.25) is 0 Å². The van der Waals surface area contributed by atoms with Gasteiger partial charge in [-0.25, -0.2) is 0 Å². The molecule has 5 heteroatoms. The van der Waals surface area contributed by atoms with Crippen molar-refractivity contribution in [3.63, 3.8) is 0 Å². The highest BCUT2D eigenvalue weighted by molar-refractivity contribution is 6.07. The number of halogens is 1. The van der Waals surface area contributed by atoms with E-state index in [0.717, 1.165) is 30.9 Å². The Morgan fingerprint density at radius 3 is 2.96 bits per heavy atom. The molecular weight excluding hydrogens is 314 g/mol. The topological polar surface area (TPSA) is 30.9 Å². The lowest BCUT2D eigenvalue weighted by Gasteiger charge is -2.47. The molecule has 4 nitrogen and oxygen atoms in total. The molecule has 2 heterocycles. The first-order valence-electron chi connectivity index (χ1n) is 8.21. The van der Waals surface area contributed by atoms with Gasteiger partial charge in [0.05, 0.1) is 19.0 Å². The summed E-state index contributed by atoms with van der Waals surface area (Å²) in [5, 5.41) is 0. The van der Waals surface area contributed by atoms with Crippen LogP contribution >= 0.6 is 11.9 Å². The summed E-state index contributed by atoms with van der Waals surface area (Å²) in [4.78, 5) is 2.47. The largest absolute Gasteiger partial charge is 0.493 e. The first-order chi connectivity index (χ1) is 11.2. The lowest BCUT2D eigenvalue weighted by Crippen LogP contribution is -2.55. The number of likely N-dealkylation sites (N-methyl/N-ethyl adjacent to an activating group) is 1. The maximum atomic E-state index is 6.39. The van der Waals surface area contributed by atoms with Crippen molar-refractivity contribution in [1.29, 1.82) is 0 Å². The van der Waals surface area contributed by atoms with Crippen molar-refractivity contribution in [2.45, 2.75) is 31.1 Å². The Labute approximate surface area is 142 Å². The van der Waals surface area contributed by atoms with E-state index in [9.17, 15) is 0 Å². The minimum atomic E-state index is -0.228. The summed E-state index contributed by atoms with van der Waals surface area (Å²) >= 11 is 5.75. The van der Waals surface area contributed by atoms with E-state index >= 15 is 0 Å². The van der Waals surface area contributed by atoms with Gasteiger partial charge in [-0.15, -0.1) is 0 Å². The van der Waals surface area contributed by atoms with Gasteiger partial charge in [-0.3, -0.25) is 4.29 Å². The maximum absolute atomic E-state index is 6.39. The molecule has 0 amide bonds.